The topological polar surface area (TPSA) is 46.2 Å². The summed E-state index contributed by atoms with van der Waals surface area (Å²) in [7, 11) is 0. The molecule has 4 aromatic carbocycles. The number of halogens is 1. The second-order valence-electron chi connectivity index (χ2n) is 8.64. The minimum Gasteiger partial charge on any atom is -1.00 e. The van der Waals surface area contributed by atoms with Crippen LogP contribution >= 0.6 is 0 Å². The molecule has 0 saturated heterocycles. The van der Waals surface area contributed by atoms with Crippen LogP contribution in [0.25, 0.3) is 16.7 Å². The van der Waals surface area contributed by atoms with Crippen molar-refractivity contribution in [3.63, 3.8) is 0 Å². The summed E-state index contributed by atoms with van der Waals surface area (Å²) >= 11 is 0. The van der Waals surface area contributed by atoms with Gasteiger partial charge < -0.3 is 17.7 Å². The summed E-state index contributed by atoms with van der Waals surface area (Å²) in [4.78, 5) is 15.5. The molecule has 1 aliphatic carbocycles. The number of carbonyl (C=O) groups excluding carboxylic acids is 2. The van der Waals surface area contributed by atoms with E-state index in [0.717, 1.165) is 0 Å². The molecule has 0 bridgehead atoms. The normalized spacial score (nSPS) is 12.3. The van der Waals surface area contributed by atoms with Crippen LogP contribution in [-0.2, 0) is 29.1 Å². The third kappa shape index (κ3) is 7.72. The Morgan fingerprint density at radius 1 is 0.487 bits per heavy atom. The molecular formula is C34H30ClNO2Ru. The molecule has 0 aliphatic heterocycles. The van der Waals surface area contributed by atoms with E-state index in [1.54, 1.807) is 0 Å². The van der Waals surface area contributed by atoms with E-state index in [0.29, 0.717) is 6.04 Å². The molecule has 1 N–H and O–H groups in total. The Morgan fingerprint density at radius 3 is 1.15 bits per heavy atom. The van der Waals surface area contributed by atoms with Crippen molar-refractivity contribution in [3.8, 4) is 0 Å². The summed E-state index contributed by atoms with van der Waals surface area (Å²) < 4.78 is 0. The van der Waals surface area contributed by atoms with Crippen molar-refractivity contribution in [1.82, 2.24) is 5.32 Å². The van der Waals surface area contributed by atoms with Gasteiger partial charge in [-0.1, -0.05) is 121 Å². The minimum atomic E-state index is 0. The molecule has 0 fully saturated rings. The minimum absolute atomic E-state index is 0. The van der Waals surface area contributed by atoms with E-state index in [4.69, 9.17) is 9.59 Å². The van der Waals surface area contributed by atoms with Gasteiger partial charge in [0.2, 0.25) is 0 Å². The Kier molecular flexibility index (Phi) is 14.7. The molecule has 0 amide bonds. The Hall–Kier alpha value is -3.59. The fourth-order valence-corrected chi connectivity index (χ4v) is 4.63. The predicted molar refractivity (Wildman–Crippen MR) is 154 cm³/mol. The molecule has 0 aromatic heterocycles. The molecule has 0 unspecified atom stereocenters. The summed E-state index contributed by atoms with van der Waals surface area (Å²) in [5.41, 5.74) is 9.89. The monoisotopic (exact) mass is 621 g/mol. The average Bonchev–Trinajstić information content (AvgIpc) is 3.31. The van der Waals surface area contributed by atoms with Gasteiger partial charge in [0.15, 0.2) is 13.6 Å². The van der Waals surface area contributed by atoms with E-state index in [2.05, 4.69) is 154 Å². The number of rotatable bonds is 6. The van der Waals surface area contributed by atoms with Gasteiger partial charge in [-0.2, -0.15) is 0 Å². The van der Waals surface area contributed by atoms with Crippen LogP contribution in [0.4, 0.5) is 0 Å². The maximum Gasteiger partial charge on any atom is 1.00 e. The van der Waals surface area contributed by atoms with Crippen LogP contribution in [0.15, 0.2) is 127 Å². The van der Waals surface area contributed by atoms with E-state index in [1.807, 2.05) is 0 Å². The van der Waals surface area contributed by atoms with Crippen molar-refractivity contribution in [2.45, 2.75) is 19.9 Å². The Labute approximate surface area is 251 Å². The van der Waals surface area contributed by atoms with Gasteiger partial charge in [0.1, 0.15) is 0 Å². The van der Waals surface area contributed by atoms with Crippen LogP contribution in [0, 0.1) is 5.92 Å². The second-order valence-corrected chi connectivity index (χ2v) is 8.64. The number of hydrogen-bond donors (Lipinski definition) is 1. The van der Waals surface area contributed by atoms with Crippen molar-refractivity contribution in [2.75, 3.05) is 0 Å². The zero-order chi connectivity index (χ0) is 26.6. The van der Waals surface area contributed by atoms with Gasteiger partial charge in [0, 0.05) is 17.3 Å². The molecule has 5 heteroatoms. The van der Waals surface area contributed by atoms with Gasteiger partial charge in [0.25, 0.3) is 0 Å². The fourth-order valence-electron chi connectivity index (χ4n) is 4.63. The van der Waals surface area contributed by atoms with Gasteiger partial charge >= 0.3 is 19.5 Å². The zero-order valence-electron chi connectivity index (χ0n) is 21.8. The molecule has 3 nitrogen and oxygen atoms in total. The van der Waals surface area contributed by atoms with Crippen LogP contribution < -0.4 is 17.7 Å². The first-order chi connectivity index (χ1) is 18.2. The van der Waals surface area contributed by atoms with Crippen molar-refractivity contribution in [1.29, 1.82) is 0 Å². The van der Waals surface area contributed by atoms with E-state index < -0.39 is 0 Å². The first kappa shape index (κ1) is 33.4. The zero-order valence-corrected chi connectivity index (χ0v) is 24.3. The number of nitrogens with one attached hydrogen (secondary N) is 1. The third-order valence-corrected chi connectivity index (χ3v) is 5.93. The maximum absolute atomic E-state index is 7.75. The summed E-state index contributed by atoms with van der Waals surface area (Å²) in [6.07, 6.45) is 0. The van der Waals surface area contributed by atoms with Crippen LogP contribution in [0.5, 0.6) is 0 Å². The van der Waals surface area contributed by atoms with Crippen molar-refractivity contribution >= 4 is 30.3 Å². The summed E-state index contributed by atoms with van der Waals surface area (Å²) in [5.74, 6) is 1.26. The second kappa shape index (κ2) is 17.1. The largest absolute Gasteiger partial charge is 1.00 e. The smallest absolute Gasteiger partial charge is 1.00 e. The number of hydrogen-bond acceptors (Lipinski definition) is 3. The Morgan fingerprint density at radius 2 is 0.795 bits per heavy atom. The Bertz CT molecular complexity index is 1320. The first-order valence-electron chi connectivity index (χ1n) is 12.1. The van der Waals surface area contributed by atoms with Crippen LogP contribution in [-0.4, -0.2) is 19.6 Å². The molecule has 4 radical (unpaired) electrons. The molecule has 198 valence electrons. The summed E-state index contributed by atoms with van der Waals surface area (Å²) in [5, 5.41) is 3.84. The predicted octanol–water partition coefficient (Wildman–Crippen LogP) is 4.10. The number of benzene rings is 4. The van der Waals surface area contributed by atoms with E-state index in [1.165, 1.54) is 50.6 Å². The number of allylic oxidation sites excluding steroid dienone is 3. The quantitative estimate of drug-likeness (QED) is 0.261. The average molecular weight is 621 g/mol. The molecule has 0 heterocycles. The van der Waals surface area contributed by atoms with Crippen LogP contribution in [0.3, 0.4) is 0 Å². The first-order valence-corrected chi connectivity index (χ1v) is 12.1. The van der Waals surface area contributed by atoms with Gasteiger partial charge in [-0.15, -0.1) is 0 Å². The van der Waals surface area contributed by atoms with Crippen molar-refractivity contribution in [2.24, 2.45) is 0 Å². The summed E-state index contributed by atoms with van der Waals surface area (Å²) in [6.45, 7) is 10.9. The van der Waals surface area contributed by atoms with Gasteiger partial charge in [-0.3, -0.25) is 9.59 Å². The molecule has 0 saturated carbocycles. The standard InChI is InChI=1S/C32H28N.2CHO.ClH.Ru/c1-23(2)33-32-30(26-19-11-5-12-20-26)28(24-15-7-3-8-16-24)29(25-17-9-4-10-18-25)31(32)27-21-13-6-14-22-27;2*1-2;;/h3-23,33H,1-2H3;2*1H;1H;/q;;;;+1/p-1. The molecule has 5 rings (SSSR count). The molecule has 1 aliphatic rings. The van der Waals surface area contributed by atoms with E-state index >= 15 is 0 Å². The molecule has 0 atom stereocenters. The maximum atomic E-state index is 7.75. The van der Waals surface area contributed by atoms with Gasteiger partial charge in [0.05, 0.1) is 5.92 Å². The fraction of sp³-hybridized carbons (Fsp3) is 0.0882. The van der Waals surface area contributed by atoms with E-state index in [-0.39, 0.29) is 31.9 Å². The molecular weight excluding hydrogens is 591 g/mol. The molecule has 39 heavy (non-hydrogen) atoms. The van der Waals surface area contributed by atoms with Crippen LogP contribution in [0.1, 0.15) is 36.1 Å². The van der Waals surface area contributed by atoms with Gasteiger partial charge in [-0.05, 0) is 47.2 Å². The van der Waals surface area contributed by atoms with Crippen molar-refractivity contribution < 1.29 is 41.5 Å². The SMILES string of the molecule is CC(C)NC1=C(c2ccccc2)C(c2ccccc2)=C(c2ccccc2)[C]1c1ccccc1.[CH]=O.[CH]=O.[Cl-].[Ru+]. The van der Waals surface area contributed by atoms with Crippen LogP contribution in [0.2, 0.25) is 0 Å². The third-order valence-electron chi connectivity index (χ3n) is 5.93. The van der Waals surface area contributed by atoms with Crippen molar-refractivity contribution in [3.05, 3.63) is 155 Å². The Balaban J connectivity index is 0.00000121. The van der Waals surface area contributed by atoms with E-state index in [9.17, 15) is 0 Å². The molecule has 4 aromatic rings. The summed E-state index contributed by atoms with van der Waals surface area (Å²) in [6, 6.07) is 43.4. The van der Waals surface area contributed by atoms with Gasteiger partial charge in [-0.25, -0.2) is 0 Å². The molecule has 0 spiro atoms.